The van der Waals surface area contributed by atoms with Crippen molar-refractivity contribution in [3.63, 3.8) is 0 Å². The molecule has 1 aliphatic rings. The highest BCUT2D eigenvalue weighted by molar-refractivity contribution is 7.92. The van der Waals surface area contributed by atoms with Crippen molar-refractivity contribution >= 4 is 21.6 Å². The maximum atomic E-state index is 13.5. The van der Waals surface area contributed by atoms with E-state index in [2.05, 4.69) is 0 Å². The number of hydrogen-bond donors (Lipinski definition) is 1. The van der Waals surface area contributed by atoms with E-state index in [1.807, 2.05) is 0 Å². The summed E-state index contributed by atoms with van der Waals surface area (Å²) >= 11 is 0. The first-order chi connectivity index (χ1) is 12.6. The van der Waals surface area contributed by atoms with Crippen LogP contribution < -0.4 is 9.62 Å². The SMILES string of the molecule is O=C(NCC(F)(F)F)c1cccc(S(=O)(=O)N2CCc3ccc(F)cc32)c1. The van der Waals surface area contributed by atoms with Gasteiger partial charge in [0.15, 0.2) is 0 Å². The molecule has 0 atom stereocenters. The third kappa shape index (κ3) is 4.05. The molecular formula is C17H14F4N2O3S. The first-order valence-corrected chi connectivity index (χ1v) is 9.28. The molecule has 1 amide bonds. The minimum Gasteiger partial charge on any atom is -0.343 e. The molecule has 0 aromatic heterocycles. The summed E-state index contributed by atoms with van der Waals surface area (Å²) < 4.78 is 77.0. The van der Waals surface area contributed by atoms with Gasteiger partial charge in [-0.25, -0.2) is 12.8 Å². The second kappa shape index (κ2) is 6.84. The normalized spacial score (nSPS) is 14.1. The summed E-state index contributed by atoms with van der Waals surface area (Å²) in [6, 6.07) is 8.55. The van der Waals surface area contributed by atoms with Crippen LogP contribution in [-0.2, 0) is 16.4 Å². The Bertz CT molecular complexity index is 990. The lowest BCUT2D eigenvalue weighted by Gasteiger charge is -2.20. The molecule has 0 saturated heterocycles. The summed E-state index contributed by atoms with van der Waals surface area (Å²) in [5.74, 6) is -1.63. The first kappa shape index (κ1) is 19.2. The highest BCUT2D eigenvalue weighted by Gasteiger charge is 2.32. The predicted molar refractivity (Wildman–Crippen MR) is 89.5 cm³/mol. The first-order valence-electron chi connectivity index (χ1n) is 7.84. The van der Waals surface area contributed by atoms with E-state index in [1.54, 1.807) is 5.32 Å². The lowest BCUT2D eigenvalue weighted by molar-refractivity contribution is -0.123. The molecule has 0 unspecified atom stereocenters. The van der Waals surface area contributed by atoms with Crippen molar-refractivity contribution < 1.29 is 30.8 Å². The second-order valence-corrected chi connectivity index (χ2v) is 7.79. The third-order valence-electron chi connectivity index (χ3n) is 4.03. The molecule has 27 heavy (non-hydrogen) atoms. The van der Waals surface area contributed by atoms with Crippen LogP contribution in [0, 0.1) is 5.82 Å². The average Bonchev–Trinajstić information content (AvgIpc) is 3.03. The zero-order chi connectivity index (χ0) is 19.8. The minimum atomic E-state index is -4.58. The lowest BCUT2D eigenvalue weighted by atomic mass is 10.2. The molecular weight excluding hydrogens is 388 g/mol. The van der Waals surface area contributed by atoms with Crippen LogP contribution in [0.3, 0.4) is 0 Å². The second-order valence-electron chi connectivity index (χ2n) is 5.93. The Morgan fingerprint density at radius 3 is 2.59 bits per heavy atom. The zero-order valence-corrected chi connectivity index (χ0v) is 14.6. The summed E-state index contributed by atoms with van der Waals surface area (Å²) in [6.45, 7) is -1.42. The number of carbonyl (C=O) groups excluding carboxylic acids is 1. The number of fused-ring (bicyclic) bond motifs is 1. The van der Waals surface area contributed by atoms with Crippen molar-refractivity contribution in [1.82, 2.24) is 5.32 Å². The molecule has 2 aromatic carbocycles. The number of anilines is 1. The molecule has 144 valence electrons. The number of hydrogen-bond acceptors (Lipinski definition) is 3. The molecule has 3 rings (SSSR count). The molecule has 1 aliphatic heterocycles. The number of sulfonamides is 1. The predicted octanol–water partition coefficient (Wildman–Crippen LogP) is 2.87. The fraction of sp³-hybridized carbons (Fsp3) is 0.235. The molecule has 1 N–H and O–H groups in total. The highest BCUT2D eigenvalue weighted by atomic mass is 32.2. The van der Waals surface area contributed by atoms with E-state index >= 15 is 0 Å². The van der Waals surface area contributed by atoms with Gasteiger partial charge in [0.25, 0.3) is 15.9 Å². The number of nitrogens with zero attached hydrogens (tertiary/aromatic N) is 1. The van der Waals surface area contributed by atoms with Crippen LogP contribution in [0.4, 0.5) is 23.2 Å². The van der Waals surface area contributed by atoms with Gasteiger partial charge in [-0.1, -0.05) is 12.1 Å². The number of rotatable bonds is 4. The smallest absolute Gasteiger partial charge is 0.343 e. The Balaban J connectivity index is 1.89. The van der Waals surface area contributed by atoms with Crippen LogP contribution in [0.25, 0.3) is 0 Å². The topological polar surface area (TPSA) is 66.5 Å². The van der Waals surface area contributed by atoms with Gasteiger partial charge in [-0.05, 0) is 42.3 Å². The monoisotopic (exact) mass is 402 g/mol. The fourth-order valence-electron chi connectivity index (χ4n) is 2.78. The van der Waals surface area contributed by atoms with E-state index in [4.69, 9.17) is 0 Å². The number of amides is 1. The standard InChI is InChI=1S/C17H14F4N2O3S/c18-13-5-4-11-6-7-23(15(11)9-13)27(25,26)14-3-1-2-12(8-14)16(24)22-10-17(19,20)21/h1-5,8-9H,6-7,10H2,(H,22,24). The van der Waals surface area contributed by atoms with Crippen molar-refractivity contribution in [3.05, 3.63) is 59.4 Å². The molecule has 0 radical (unpaired) electrons. The quantitative estimate of drug-likeness (QED) is 0.800. The number of halogens is 4. The summed E-state index contributed by atoms with van der Waals surface area (Å²) in [5, 5.41) is 1.69. The zero-order valence-electron chi connectivity index (χ0n) is 13.8. The van der Waals surface area contributed by atoms with Gasteiger partial charge in [0, 0.05) is 12.1 Å². The Morgan fingerprint density at radius 1 is 1.15 bits per heavy atom. The Hall–Kier alpha value is -2.62. The average molecular weight is 402 g/mol. The maximum Gasteiger partial charge on any atom is 0.405 e. The molecule has 10 heteroatoms. The van der Waals surface area contributed by atoms with Crippen LogP contribution >= 0.6 is 0 Å². The van der Waals surface area contributed by atoms with Crippen LogP contribution in [0.15, 0.2) is 47.4 Å². The maximum absolute atomic E-state index is 13.5. The summed E-state index contributed by atoms with van der Waals surface area (Å²) in [5.41, 5.74) is 0.653. The van der Waals surface area contributed by atoms with Gasteiger partial charge >= 0.3 is 6.18 Å². The molecule has 1 heterocycles. The van der Waals surface area contributed by atoms with E-state index in [0.717, 1.165) is 16.4 Å². The number of nitrogens with one attached hydrogen (secondary N) is 1. The van der Waals surface area contributed by atoms with Gasteiger partial charge in [0.1, 0.15) is 12.4 Å². The molecule has 0 saturated carbocycles. The molecule has 2 aromatic rings. The van der Waals surface area contributed by atoms with E-state index in [9.17, 15) is 30.8 Å². The summed E-state index contributed by atoms with van der Waals surface area (Å²) in [7, 11) is -4.10. The van der Waals surface area contributed by atoms with Gasteiger partial charge in [-0.3, -0.25) is 9.10 Å². The molecule has 0 spiro atoms. The Kier molecular flexibility index (Phi) is 4.85. The fourth-order valence-corrected chi connectivity index (χ4v) is 4.32. The van der Waals surface area contributed by atoms with E-state index in [0.29, 0.717) is 12.0 Å². The molecule has 5 nitrogen and oxygen atoms in total. The number of benzene rings is 2. The van der Waals surface area contributed by atoms with Crippen molar-refractivity contribution in [1.29, 1.82) is 0 Å². The Labute approximate surface area is 152 Å². The van der Waals surface area contributed by atoms with Gasteiger partial charge < -0.3 is 5.32 Å². The molecule has 0 fully saturated rings. The van der Waals surface area contributed by atoms with Crippen molar-refractivity contribution in [2.24, 2.45) is 0 Å². The van der Waals surface area contributed by atoms with Crippen LogP contribution in [0.5, 0.6) is 0 Å². The van der Waals surface area contributed by atoms with Gasteiger partial charge in [0.05, 0.1) is 10.6 Å². The number of carbonyl (C=O) groups is 1. The third-order valence-corrected chi connectivity index (χ3v) is 5.84. The van der Waals surface area contributed by atoms with E-state index < -0.39 is 34.5 Å². The lowest BCUT2D eigenvalue weighted by Crippen LogP contribution is -2.34. The van der Waals surface area contributed by atoms with Gasteiger partial charge in [-0.15, -0.1) is 0 Å². The summed E-state index contributed by atoms with van der Waals surface area (Å²) in [4.78, 5) is 11.6. The molecule has 0 bridgehead atoms. The van der Waals surface area contributed by atoms with Crippen LogP contribution in [-0.4, -0.2) is 33.6 Å². The minimum absolute atomic E-state index is 0.103. The van der Waals surface area contributed by atoms with Crippen molar-refractivity contribution in [3.8, 4) is 0 Å². The van der Waals surface area contributed by atoms with Crippen molar-refractivity contribution in [2.45, 2.75) is 17.5 Å². The van der Waals surface area contributed by atoms with Gasteiger partial charge in [-0.2, -0.15) is 13.2 Å². The van der Waals surface area contributed by atoms with E-state index in [1.165, 1.54) is 30.3 Å². The summed E-state index contributed by atoms with van der Waals surface area (Å²) in [6.07, 6.45) is -4.18. The van der Waals surface area contributed by atoms with Crippen LogP contribution in [0.1, 0.15) is 15.9 Å². The van der Waals surface area contributed by atoms with Gasteiger partial charge in [0.2, 0.25) is 0 Å². The van der Waals surface area contributed by atoms with Crippen molar-refractivity contribution in [2.75, 3.05) is 17.4 Å². The van der Waals surface area contributed by atoms with Crippen LogP contribution in [0.2, 0.25) is 0 Å². The largest absolute Gasteiger partial charge is 0.405 e. The highest BCUT2D eigenvalue weighted by Crippen LogP contribution is 2.33. The van der Waals surface area contributed by atoms with E-state index in [-0.39, 0.29) is 22.7 Å². The number of alkyl halides is 3. The Morgan fingerprint density at radius 2 is 1.89 bits per heavy atom. The molecule has 0 aliphatic carbocycles.